The Morgan fingerprint density at radius 3 is 1.48 bits per heavy atom. The second-order valence-electron chi connectivity index (χ2n) is 11.3. The first-order chi connectivity index (χ1) is 23.8. The maximum atomic E-state index is 5.14. The maximum Gasteiger partial charge on any atom is 0.161 e. The van der Waals surface area contributed by atoms with Crippen LogP contribution < -0.4 is 0 Å². The van der Waals surface area contributed by atoms with Gasteiger partial charge in [-0.05, 0) is 53.1 Å². The van der Waals surface area contributed by atoms with Crippen LogP contribution in [0.15, 0.2) is 176 Å². The Bertz CT molecular complexity index is 2040. The van der Waals surface area contributed by atoms with Crippen LogP contribution in [0.3, 0.4) is 0 Å². The molecular weight excluding hydrogens is 587 g/mol. The van der Waals surface area contributed by atoms with E-state index < -0.39 is 0 Å². The number of benzene rings is 4. The van der Waals surface area contributed by atoms with E-state index in [1.54, 1.807) is 6.20 Å². The molecule has 5 heteroatoms. The molecule has 0 saturated heterocycles. The first kappa shape index (κ1) is 28.9. The molecule has 0 saturated carbocycles. The van der Waals surface area contributed by atoms with Gasteiger partial charge in [0.15, 0.2) is 5.82 Å². The van der Waals surface area contributed by atoms with Crippen LogP contribution in [0.1, 0.15) is 0 Å². The van der Waals surface area contributed by atoms with Gasteiger partial charge >= 0.3 is 0 Å². The molecule has 8 rings (SSSR count). The molecule has 4 aromatic carbocycles. The summed E-state index contributed by atoms with van der Waals surface area (Å²) < 4.78 is 0. The van der Waals surface area contributed by atoms with E-state index in [1.807, 2.05) is 97.2 Å². The van der Waals surface area contributed by atoms with E-state index in [4.69, 9.17) is 19.9 Å². The summed E-state index contributed by atoms with van der Waals surface area (Å²) in [5.74, 6) is 0.640. The molecule has 48 heavy (non-hydrogen) atoms. The van der Waals surface area contributed by atoms with Crippen molar-refractivity contribution in [2.45, 2.75) is 0 Å². The van der Waals surface area contributed by atoms with E-state index in [0.717, 1.165) is 73.1 Å². The summed E-state index contributed by atoms with van der Waals surface area (Å²) in [5, 5.41) is 0. The van der Waals surface area contributed by atoms with Crippen molar-refractivity contribution in [2.24, 2.45) is 0 Å². The molecule has 0 atom stereocenters. The predicted molar refractivity (Wildman–Crippen MR) is 193 cm³/mol. The minimum Gasteiger partial charge on any atom is -0.255 e. The van der Waals surface area contributed by atoms with Crippen LogP contribution in [0, 0.1) is 0 Å². The normalized spacial score (nSPS) is 10.9. The third-order valence-electron chi connectivity index (χ3n) is 8.23. The highest BCUT2D eigenvalue weighted by Gasteiger charge is 2.19. The van der Waals surface area contributed by atoms with Gasteiger partial charge < -0.3 is 0 Å². The summed E-state index contributed by atoms with van der Waals surface area (Å²) in [5.41, 5.74) is 11.8. The second kappa shape index (κ2) is 13.0. The molecule has 8 aromatic rings. The van der Waals surface area contributed by atoms with Crippen molar-refractivity contribution in [1.82, 2.24) is 24.9 Å². The lowest BCUT2D eigenvalue weighted by Crippen LogP contribution is -1.99. The van der Waals surface area contributed by atoms with Gasteiger partial charge in [-0.25, -0.2) is 15.0 Å². The zero-order chi connectivity index (χ0) is 32.1. The second-order valence-corrected chi connectivity index (χ2v) is 11.3. The van der Waals surface area contributed by atoms with Gasteiger partial charge in [-0.2, -0.15) is 0 Å². The Morgan fingerprint density at radius 1 is 0.292 bits per heavy atom. The molecule has 0 unspecified atom stereocenters. The number of aromatic nitrogens is 5. The summed E-state index contributed by atoms with van der Waals surface area (Å²) in [6.45, 7) is 0. The van der Waals surface area contributed by atoms with Crippen molar-refractivity contribution in [3.05, 3.63) is 176 Å². The van der Waals surface area contributed by atoms with Gasteiger partial charge in [-0.15, -0.1) is 0 Å². The average Bonchev–Trinajstić information content (AvgIpc) is 3.19. The van der Waals surface area contributed by atoms with E-state index in [2.05, 4.69) is 77.8 Å². The zero-order valence-electron chi connectivity index (χ0n) is 26.0. The standard InChI is InChI=1S/C43H29N5/c1-4-15-30(16-5-1)33-27-40(37-24-12-13-25-44-37)46-41(28-33)42-35(23-14-26-45-42)34-21-10-11-22-36(34)43-47-38(31-17-6-2-7-18-31)29-39(48-43)32-19-8-3-9-20-32/h1-29H. The Balaban J connectivity index is 1.32. The van der Waals surface area contributed by atoms with E-state index in [9.17, 15) is 0 Å². The van der Waals surface area contributed by atoms with E-state index in [1.165, 1.54) is 0 Å². The summed E-state index contributed by atoms with van der Waals surface area (Å²) in [6, 6.07) is 55.3. The van der Waals surface area contributed by atoms with Crippen molar-refractivity contribution in [3.8, 4) is 78.9 Å². The zero-order valence-corrected chi connectivity index (χ0v) is 26.0. The molecule has 0 radical (unpaired) electrons. The van der Waals surface area contributed by atoms with Crippen LogP contribution in [0.25, 0.3) is 78.9 Å². The van der Waals surface area contributed by atoms with Crippen molar-refractivity contribution in [1.29, 1.82) is 0 Å². The van der Waals surface area contributed by atoms with Gasteiger partial charge in [-0.1, -0.05) is 127 Å². The Kier molecular flexibility index (Phi) is 7.83. The Morgan fingerprint density at radius 2 is 0.833 bits per heavy atom. The topological polar surface area (TPSA) is 64.5 Å². The SMILES string of the molecule is c1ccc(-c2cc(-c3ccccn3)nc(-c3ncccc3-c3ccccc3-c3nc(-c4ccccc4)cc(-c4ccccc4)n3)c2)cc1. The number of hydrogen-bond donors (Lipinski definition) is 0. The van der Waals surface area contributed by atoms with Gasteiger partial charge in [0, 0.05) is 34.6 Å². The van der Waals surface area contributed by atoms with Gasteiger partial charge in [-0.3, -0.25) is 9.97 Å². The molecule has 0 spiro atoms. The van der Waals surface area contributed by atoms with E-state index in [0.29, 0.717) is 5.82 Å². The third-order valence-corrected chi connectivity index (χ3v) is 8.23. The number of hydrogen-bond acceptors (Lipinski definition) is 5. The van der Waals surface area contributed by atoms with E-state index in [-0.39, 0.29) is 0 Å². The number of pyridine rings is 3. The Labute approximate surface area is 279 Å². The summed E-state index contributed by atoms with van der Waals surface area (Å²) in [7, 11) is 0. The van der Waals surface area contributed by atoms with Crippen LogP contribution >= 0.6 is 0 Å². The third kappa shape index (κ3) is 5.88. The molecule has 0 bridgehead atoms. The highest BCUT2D eigenvalue weighted by molar-refractivity contribution is 5.90. The maximum absolute atomic E-state index is 5.14. The van der Waals surface area contributed by atoms with Gasteiger partial charge in [0.25, 0.3) is 0 Å². The number of nitrogens with zero attached hydrogens (tertiary/aromatic N) is 5. The molecule has 226 valence electrons. The summed E-state index contributed by atoms with van der Waals surface area (Å²) >= 11 is 0. The van der Waals surface area contributed by atoms with Crippen LogP contribution in [-0.4, -0.2) is 24.9 Å². The lowest BCUT2D eigenvalue weighted by atomic mass is 9.95. The number of rotatable bonds is 7. The van der Waals surface area contributed by atoms with Crippen molar-refractivity contribution in [3.63, 3.8) is 0 Å². The molecule has 0 fully saturated rings. The van der Waals surface area contributed by atoms with Crippen molar-refractivity contribution < 1.29 is 0 Å². The minimum absolute atomic E-state index is 0.640. The highest BCUT2D eigenvalue weighted by Crippen LogP contribution is 2.38. The first-order valence-corrected chi connectivity index (χ1v) is 15.8. The van der Waals surface area contributed by atoms with Crippen LogP contribution in [-0.2, 0) is 0 Å². The predicted octanol–water partition coefficient (Wildman–Crippen LogP) is 10.3. The molecule has 0 aliphatic rings. The Hall–Kier alpha value is -6.59. The molecule has 0 amide bonds. The van der Waals surface area contributed by atoms with Crippen LogP contribution in [0.2, 0.25) is 0 Å². The molecule has 0 aliphatic carbocycles. The first-order valence-electron chi connectivity index (χ1n) is 15.8. The van der Waals surface area contributed by atoms with Gasteiger partial charge in [0.1, 0.15) is 0 Å². The largest absolute Gasteiger partial charge is 0.255 e. The summed E-state index contributed by atoms with van der Waals surface area (Å²) in [4.78, 5) is 25.0. The molecule has 0 N–H and O–H groups in total. The van der Waals surface area contributed by atoms with Crippen LogP contribution in [0.4, 0.5) is 0 Å². The van der Waals surface area contributed by atoms with E-state index >= 15 is 0 Å². The fourth-order valence-electron chi connectivity index (χ4n) is 5.92. The highest BCUT2D eigenvalue weighted by atomic mass is 14.9. The average molecular weight is 616 g/mol. The minimum atomic E-state index is 0.640. The lowest BCUT2D eigenvalue weighted by molar-refractivity contribution is 1.18. The lowest BCUT2D eigenvalue weighted by Gasteiger charge is -2.15. The van der Waals surface area contributed by atoms with Gasteiger partial charge in [0.05, 0.1) is 34.2 Å². The fraction of sp³-hybridized carbons (Fsp3) is 0. The molecule has 4 heterocycles. The molecule has 4 aromatic heterocycles. The monoisotopic (exact) mass is 615 g/mol. The van der Waals surface area contributed by atoms with Crippen molar-refractivity contribution >= 4 is 0 Å². The van der Waals surface area contributed by atoms with Crippen LogP contribution in [0.5, 0.6) is 0 Å². The van der Waals surface area contributed by atoms with Crippen molar-refractivity contribution in [2.75, 3.05) is 0 Å². The molecule has 5 nitrogen and oxygen atoms in total. The van der Waals surface area contributed by atoms with Gasteiger partial charge in [0.2, 0.25) is 0 Å². The molecular formula is C43H29N5. The quantitative estimate of drug-likeness (QED) is 0.178. The molecule has 0 aliphatic heterocycles. The smallest absolute Gasteiger partial charge is 0.161 e. The summed E-state index contributed by atoms with van der Waals surface area (Å²) in [6.07, 6.45) is 3.61. The fourth-order valence-corrected chi connectivity index (χ4v) is 5.92.